The van der Waals surface area contributed by atoms with E-state index in [-0.39, 0.29) is 11.8 Å². The summed E-state index contributed by atoms with van der Waals surface area (Å²) in [4.78, 5) is 16.3. The second-order valence-corrected chi connectivity index (χ2v) is 10.5. The Hall–Kier alpha value is -3.52. The summed E-state index contributed by atoms with van der Waals surface area (Å²) in [7, 11) is 0. The Kier molecular flexibility index (Phi) is 6.51. The Morgan fingerprint density at radius 1 is 1.00 bits per heavy atom. The van der Waals surface area contributed by atoms with Crippen LogP contribution in [0.25, 0.3) is 22.3 Å². The molecular weight excluding hydrogens is 468 g/mol. The number of carbonyl (C=O) groups is 1. The monoisotopic (exact) mass is 498 g/mol. The third-order valence-electron chi connectivity index (χ3n) is 7.16. The maximum atomic E-state index is 13.3. The highest BCUT2D eigenvalue weighted by atomic mass is 32.1. The molecule has 1 fully saturated rings. The van der Waals surface area contributed by atoms with Gasteiger partial charge < -0.3 is 9.47 Å². The molecule has 8 heteroatoms. The van der Waals surface area contributed by atoms with Gasteiger partial charge in [-0.1, -0.05) is 30.7 Å². The van der Waals surface area contributed by atoms with Crippen LogP contribution in [-0.4, -0.2) is 48.4 Å². The van der Waals surface area contributed by atoms with Gasteiger partial charge in [0.1, 0.15) is 17.3 Å². The van der Waals surface area contributed by atoms with Gasteiger partial charge in [-0.2, -0.15) is 5.10 Å². The molecule has 36 heavy (non-hydrogen) atoms. The molecule has 0 radical (unpaired) electrons. The molecule has 6 rings (SSSR count). The van der Waals surface area contributed by atoms with Gasteiger partial charge in [0.2, 0.25) is 5.91 Å². The predicted molar refractivity (Wildman–Crippen MR) is 142 cm³/mol. The van der Waals surface area contributed by atoms with Crippen LogP contribution >= 0.6 is 11.3 Å². The Labute approximate surface area is 215 Å². The van der Waals surface area contributed by atoms with Crippen molar-refractivity contribution in [1.29, 1.82) is 0 Å². The van der Waals surface area contributed by atoms with Crippen molar-refractivity contribution < 1.29 is 4.79 Å². The maximum absolute atomic E-state index is 13.3. The van der Waals surface area contributed by atoms with Gasteiger partial charge in [-0.05, 0) is 55.3 Å². The molecule has 1 amide bonds. The van der Waals surface area contributed by atoms with E-state index < -0.39 is 0 Å². The minimum atomic E-state index is 0.0416. The molecule has 2 aliphatic rings. The minimum Gasteiger partial charge on any atom is -0.338 e. The van der Waals surface area contributed by atoms with Crippen molar-refractivity contribution in [3.8, 4) is 16.3 Å². The quantitative estimate of drug-likeness (QED) is 0.349. The smallest absolute Gasteiger partial charge is 0.246 e. The van der Waals surface area contributed by atoms with Gasteiger partial charge in [0.15, 0.2) is 0 Å². The number of amides is 1. The number of benzene rings is 1. The van der Waals surface area contributed by atoms with Crippen molar-refractivity contribution in [2.75, 3.05) is 13.1 Å². The number of aromatic nitrogens is 5. The second kappa shape index (κ2) is 10.2. The number of carbonyl (C=O) groups excluding carboxylic acids is 1. The molecule has 7 nitrogen and oxygen atoms in total. The third-order valence-corrected chi connectivity index (χ3v) is 8.04. The van der Waals surface area contributed by atoms with Crippen molar-refractivity contribution in [2.24, 2.45) is 0 Å². The summed E-state index contributed by atoms with van der Waals surface area (Å²) in [5.41, 5.74) is 2.82. The fraction of sp³-hybridized carbons (Fsp3) is 0.357. The summed E-state index contributed by atoms with van der Waals surface area (Å²) in [6, 6.07) is 14.2. The number of hydrogen-bond acceptors (Lipinski definition) is 5. The fourth-order valence-corrected chi connectivity index (χ4v) is 6.02. The number of rotatable bonds is 5. The number of fused-ring (bicyclic) bond motifs is 1. The maximum Gasteiger partial charge on any atom is 0.246 e. The molecule has 0 spiro atoms. The number of aryl methyl sites for hydroxylation is 1. The summed E-state index contributed by atoms with van der Waals surface area (Å²) in [6.45, 7) is 2.48. The summed E-state index contributed by atoms with van der Waals surface area (Å²) >= 11 is 1.65. The molecule has 3 aromatic heterocycles. The van der Waals surface area contributed by atoms with Gasteiger partial charge in [-0.15, -0.1) is 21.5 Å². The SMILES string of the molecule is O=C(/C=C/c1cn(-c2ccccc2)nc1-c1cccs1)N1CCCC(c2nnc3n2CCCCC3)C1. The fourth-order valence-electron chi connectivity index (χ4n) is 5.29. The number of likely N-dealkylation sites (tertiary alicyclic amines) is 1. The third kappa shape index (κ3) is 4.65. The molecule has 5 heterocycles. The van der Waals surface area contributed by atoms with Gasteiger partial charge in [0.25, 0.3) is 0 Å². The highest BCUT2D eigenvalue weighted by molar-refractivity contribution is 7.13. The van der Waals surface area contributed by atoms with E-state index in [0.717, 1.165) is 65.8 Å². The molecule has 1 atom stereocenters. The van der Waals surface area contributed by atoms with E-state index in [1.807, 2.05) is 58.3 Å². The normalized spacial score (nSPS) is 18.3. The Morgan fingerprint density at radius 3 is 2.78 bits per heavy atom. The Bertz CT molecular complexity index is 1350. The first kappa shape index (κ1) is 22.9. The van der Waals surface area contributed by atoms with Gasteiger partial charge in [0.05, 0.1) is 10.6 Å². The molecule has 0 bridgehead atoms. The molecule has 1 saturated heterocycles. The number of thiophene rings is 1. The summed E-state index contributed by atoms with van der Waals surface area (Å²) in [6.07, 6.45) is 12.3. The average molecular weight is 499 g/mol. The summed E-state index contributed by atoms with van der Waals surface area (Å²) in [5.74, 6) is 2.47. The largest absolute Gasteiger partial charge is 0.338 e. The van der Waals surface area contributed by atoms with Crippen LogP contribution in [0.1, 0.15) is 55.2 Å². The topological polar surface area (TPSA) is 68.8 Å². The van der Waals surface area contributed by atoms with Crippen LogP contribution in [0.3, 0.4) is 0 Å². The number of piperidine rings is 1. The molecular formula is C28H30N6OS. The first-order valence-corrected chi connectivity index (χ1v) is 13.7. The van der Waals surface area contributed by atoms with Crippen molar-refractivity contribution in [2.45, 2.75) is 51.0 Å². The van der Waals surface area contributed by atoms with Gasteiger partial charge in [-0.3, -0.25) is 4.79 Å². The molecule has 1 aromatic carbocycles. The molecule has 4 aromatic rings. The van der Waals surface area contributed by atoms with Crippen LogP contribution in [0.4, 0.5) is 0 Å². The van der Waals surface area contributed by atoms with Crippen LogP contribution in [0.5, 0.6) is 0 Å². The highest BCUT2D eigenvalue weighted by Crippen LogP contribution is 2.30. The van der Waals surface area contributed by atoms with Crippen molar-refractivity contribution in [3.63, 3.8) is 0 Å². The lowest BCUT2D eigenvalue weighted by molar-refractivity contribution is -0.127. The highest BCUT2D eigenvalue weighted by Gasteiger charge is 2.29. The summed E-state index contributed by atoms with van der Waals surface area (Å²) in [5, 5.41) is 15.9. The molecule has 1 unspecified atom stereocenters. The number of nitrogens with zero attached hydrogens (tertiary/aromatic N) is 6. The van der Waals surface area contributed by atoms with Gasteiger partial charge >= 0.3 is 0 Å². The number of para-hydroxylation sites is 1. The number of hydrogen-bond donors (Lipinski definition) is 0. The first-order chi connectivity index (χ1) is 17.8. The zero-order valence-electron chi connectivity index (χ0n) is 20.3. The summed E-state index contributed by atoms with van der Waals surface area (Å²) < 4.78 is 4.21. The Balaban J connectivity index is 1.22. The Morgan fingerprint density at radius 2 is 1.92 bits per heavy atom. The van der Waals surface area contributed by atoms with Crippen molar-refractivity contribution in [1.82, 2.24) is 29.4 Å². The van der Waals surface area contributed by atoms with E-state index in [9.17, 15) is 4.79 Å². The van der Waals surface area contributed by atoms with Gasteiger partial charge in [0, 0.05) is 49.8 Å². The van der Waals surface area contributed by atoms with E-state index in [1.165, 1.54) is 19.3 Å². The van der Waals surface area contributed by atoms with Crippen LogP contribution < -0.4 is 0 Å². The van der Waals surface area contributed by atoms with Crippen LogP contribution in [0, 0.1) is 0 Å². The zero-order valence-corrected chi connectivity index (χ0v) is 21.1. The molecule has 0 N–H and O–H groups in total. The standard InChI is InChI=1S/C28H30N6OS/c35-26(32-16-7-9-22(19-32)28-30-29-25-13-5-2-6-17-33(25)28)15-14-21-20-34(23-10-3-1-4-11-23)31-27(21)24-12-8-18-36-24/h1,3-4,8,10-12,14-15,18,20,22H,2,5-7,9,13,16-17,19H2/b15-14+. The van der Waals surface area contributed by atoms with E-state index in [1.54, 1.807) is 17.4 Å². The first-order valence-electron chi connectivity index (χ1n) is 12.8. The average Bonchev–Trinajstić information content (AvgIpc) is 3.65. The van der Waals surface area contributed by atoms with Crippen LogP contribution in [0.15, 0.2) is 60.1 Å². The van der Waals surface area contributed by atoms with Crippen LogP contribution in [-0.2, 0) is 17.8 Å². The lowest BCUT2D eigenvalue weighted by Gasteiger charge is -2.31. The van der Waals surface area contributed by atoms with E-state index in [2.05, 4.69) is 26.2 Å². The van der Waals surface area contributed by atoms with E-state index in [0.29, 0.717) is 6.54 Å². The van der Waals surface area contributed by atoms with Crippen LogP contribution in [0.2, 0.25) is 0 Å². The second-order valence-electron chi connectivity index (χ2n) is 9.58. The van der Waals surface area contributed by atoms with Crippen molar-refractivity contribution in [3.05, 3.63) is 77.3 Å². The predicted octanol–water partition coefficient (Wildman–Crippen LogP) is 5.34. The van der Waals surface area contributed by atoms with Crippen molar-refractivity contribution >= 4 is 23.3 Å². The lowest BCUT2D eigenvalue weighted by Crippen LogP contribution is -2.39. The molecule has 0 aliphatic carbocycles. The van der Waals surface area contributed by atoms with Gasteiger partial charge in [-0.25, -0.2) is 4.68 Å². The molecule has 184 valence electrons. The molecule has 0 saturated carbocycles. The van der Waals surface area contributed by atoms with E-state index >= 15 is 0 Å². The lowest BCUT2D eigenvalue weighted by atomic mass is 9.97. The molecule has 2 aliphatic heterocycles. The minimum absolute atomic E-state index is 0.0416. The van der Waals surface area contributed by atoms with E-state index in [4.69, 9.17) is 5.10 Å². The zero-order chi connectivity index (χ0) is 24.3.